The van der Waals surface area contributed by atoms with E-state index in [1.54, 1.807) is 6.07 Å². The van der Waals surface area contributed by atoms with Crippen LogP contribution in [-0.4, -0.2) is 30.0 Å². The minimum Gasteiger partial charge on any atom is -0.372 e. The lowest BCUT2D eigenvalue weighted by atomic mass is 10.1. The SMILES string of the molecule is O=C1NC(=S)N(c2ccccc2F)C(=O)C1=Cc1ccc(N2CCCCCC2)cc1. The second-order valence-electron chi connectivity index (χ2n) is 7.40. The van der Waals surface area contributed by atoms with Crippen molar-refractivity contribution in [3.05, 3.63) is 65.5 Å². The van der Waals surface area contributed by atoms with Gasteiger partial charge in [-0.3, -0.25) is 14.9 Å². The number of hydrogen-bond donors (Lipinski definition) is 1. The summed E-state index contributed by atoms with van der Waals surface area (Å²) in [5.74, 6) is -1.83. The van der Waals surface area contributed by atoms with Gasteiger partial charge in [0.25, 0.3) is 11.8 Å². The van der Waals surface area contributed by atoms with Crippen LogP contribution in [0.4, 0.5) is 15.8 Å². The molecular weight excluding hydrogens is 401 g/mol. The zero-order chi connectivity index (χ0) is 21.1. The van der Waals surface area contributed by atoms with Gasteiger partial charge in [-0.1, -0.05) is 37.1 Å². The fourth-order valence-corrected chi connectivity index (χ4v) is 4.06. The average Bonchev–Trinajstić information content (AvgIpc) is 3.02. The lowest BCUT2D eigenvalue weighted by molar-refractivity contribution is -0.122. The van der Waals surface area contributed by atoms with Gasteiger partial charge in [0.1, 0.15) is 11.4 Å². The van der Waals surface area contributed by atoms with Crippen LogP contribution in [0, 0.1) is 5.82 Å². The largest absolute Gasteiger partial charge is 0.372 e. The first kappa shape index (κ1) is 20.2. The molecule has 5 nitrogen and oxygen atoms in total. The van der Waals surface area contributed by atoms with Crippen LogP contribution in [0.25, 0.3) is 6.08 Å². The van der Waals surface area contributed by atoms with E-state index in [2.05, 4.69) is 10.2 Å². The van der Waals surface area contributed by atoms with E-state index in [0.717, 1.165) is 23.7 Å². The van der Waals surface area contributed by atoms with E-state index >= 15 is 0 Å². The molecule has 0 spiro atoms. The highest BCUT2D eigenvalue weighted by Gasteiger charge is 2.35. The molecule has 2 saturated heterocycles. The molecule has 2 aliphatic heterocycles. The summed E-state index contributed by atoms with van der Waals surface area (Å²) in [6, 6.07) is 13.6. The van der Waals surface area contributed by atoms with Crippen LogP contribution in [0.1, 0.15) is 31.2 Å². The summed E-state index contributed by atoms with van der Waals surface area (Å²) in [4.78, 5) is 28.8. The van der Waals surface area contributed by atoms with Gasteiger partial charge in [0.15, 0.2) is 5.11 Å². The molecule has 0 aliphatic carbocycles. The number of anilines is 2. The molecular formula is C23H22FN3O2S. The minimum atomic E-state index is -0.648. The van der Waals surface area contributed by atoms with Crippen molar-refractivity contribution in [2.75, 3.05) is 22.9 Å². The summed E-state index contributed by atoms with van der Waals surface area (Å²) in [5.41, 5.74) is 1.77. The monoisotopic (exact) mass is 423 g/mol. The first-order chi connectivity index (χ1) is 14.5. The van der Waals surface area contributed by atoms with Crippen LogP contribution >= 0.6 is 12.2 Å². The third kappa shape index (κ3) is 4.11. The fourth-order valence-electron chi connectivity index (χ4n) is 3.79. The predicted molar refractivity (Wildman–Crippen MR) is 120 cm³/mol. The highest BCUT2D eigenvalue weighted by Crippen LogP contribution is 2.25. The van der Waals surface area contributed by atoms with E-state index in [1.165, 1.54) is 50.0 Å². The summed E-state index contributed by atoms with van der Waals surface area (Å²) >= 11 is 5.11. The van der Waals surface area contributed by atoms with Crippen molar-refractivity contribution in [2.24, 2.45) is 0 Å². The Bertz CT molecular complexity index is 1010. The number of halogens is 1. The maximum Gasteiger partial charge on any atom is 0.270 e. The molecule has 2 heterocycles. The number of rotatable bonds is 3. The van der Waals surface area contributed by atoms with Gasteiger partial charge >= 0.3 is 0 Å². The van der Waals surface area contributed by atoms with Crippen molar-refractivity contribution in [3.8, 4) is 0 Å². The molecule has 4 rings (SSSR count). The first-order valence-electron chi connectivity index (χ1n) is 10.1. The van der Waals surface area contributed by atoms with Gasteiger partial charge in [-0.2, -0.15) is 0 Å². The van der Waals surface area contributed by atoms with Crippen LogP contribution < -0.4 is 15.1 Å². The van der Waals surface area contributed by atoms with E-state index in [-0.39, 0.29) is 16.4 Å². The molecule has 154 valence electrons. The van der Waals surface area contributed by atoms with Gasteiger partial charge in [0.2, 0.25) is 0 Å². The maximum atomic E-state index is 14.2. The van der Waals surface area contributed by atoms with Crippen LogP contribution in [0.2, 0.25) is 0 Å². The molecule has 0 radical (unpaired) electrons. The Morgan fingerprint density at radius 1 is 0.933 bits per heavy atom. The Morgan fingerprint density at radius 2 is 1.60 bits per heavy atom. The van der Waals surface area contributed by atoms with Gasteiger partial charge in [-0.25, -0.2) is 9.29 Å². The van der Waals surface area contributed by atoms with Gasteiger partial charge in [-0.15, -0.1) is 0 Å². The number of benzene rings is 2. The molecule has 2 aromatic rings. The Balaban J connectivity index is 1.60. The van der Waals surface area contributed by atoms with E-state index in [1.807, 2.05) is 24.3 Å². The lowest BCUT2D eigenvalue weighted by Crippen LogP contribution is -2.54. The molecule has 0 saturated carbocycles. The molecule has 2 aromatic carbocycles. The number of carbonyl (C=O) groups is 2. The number of nitrogens with zero attached hydrogens (tertiary/aromatic N) is 2. The second kappa shape index (κ2) is 8.75. The molecule has 2 fully saturated rings. The van der Waals surface area contributed by atoms with Crippen molar-refractivity contribution < 1.29 is 14.0 Å². The van der Waals surface area contributed by atoms with Crippen molar-refractivity contribution in [3.63, 3.8) is 0 Å². The topological polar surface area (TPSA) is 52.7 Å². The first-order valence-corrected chi connectivity index (χ1v) is 10.5. The van der Waals surface area contributed by atoms with E-state index in [9.17, 15) is 14.0 Å². The number of para-hydroxylation sites is 1. The number of amides is 2. The second-order valence-corrected chi connectivity index (χ2v) is 7.79. The van der Waals surface area contributed by atoms with Gasteiger partial charge in [0, 0.05) is 18.8 Å². The molecule has 0 unspecified atom stereocenters. The molecule has 0 bridgehead atoms. The zero-order valence-corrected chi connectivity index (χ0v) is 17.3. The minimum absolute atomic E-state index is 0.00918. The number of nitrogens with one attached hydrogen (secondary N) is 1. The Morgan fingerprint density at radius 3 is 2.27 bits per heavy atom. The molecule has 2 aliphatic rings. The highest BCUT2D eigenvalue weighted by atomic mass is 32.1. The summed E-state index contributed by atoms with van der Waals surface area (Å²) in [6.07, 6.45) is 6.41. The number of hydrogen-bond acceptors (Lipinski definition) is 4. The van der Waals surface area contributed by atoms with Crippen molar-refractivity contribution in [1.82, 2.24) is 5.32 Å². The predicted octanol–water partition coefficient (Wildman–Crippen LogP) is 4.04. The van der Waals surface area contributed by atoms with Crippen molar-refractivity contribution in [1.29, 1.82) is 0 Å². The van der Waals surface area contributed by atoms with Crippen LogP contribution in [0.5, 0.6) is 0 Å². The molecule has 1 N–H and O–H groups in total. The summed E-state index contributed by atoms with van der Waals surface area (Å²) in [7, 11) is 0. The summed E-state index contributed by atoms with van der Waals surface area (Å²) in [6.45, 7) is 2.08. The van der Waals surface area contributed by atoms with Gasteiger partial charge < -0.3 is 4.90 Å². The quantitative estimate of drug-likeness (QED) is 0.460. The van der Waals surface area contributed by atoms with Crippen LogP contribution in [-0.2, 0) is 9.59 Å². The average molecular weight is 424 g/mol. The van der Waals surface area contributed by atoms with Crippen molar-refractivity contribution >= 4 is 46.6 Å². The normalized spacial score (nSPS) is 19.1. The van der Waals surface area contributed by atoms with E-state index in [4.69, 9.17) is 12.2 Å². The third-order valence-electron chi connectivity index (χ3n) is 5.37. The Labute approximate surface area is 180 Å². The third-order valence-corrected chi connectivity index (χ3v) is 5.65. The van der Waals surface area contributed by atoms with Gasteiger partial charge in [-0.05, 0) is 61.0 Å². The van der Waals surface area contributed by atoms with Crippen molar-refractivity contribution in [2.45, 2.75) is 25.7 Å². The fraction of sp³-hybridized carbons (Fsp3) is 0.261. The Kier molecular flexibility index (Phi) is 5.90. The molecule has 0 atom stereocenters. The molecule has 0 aromatic heterocycles. The smallest absolute Gasteiger partial charge is 0.270 e. The standard InChI is InChI=1S/C23H22FN3O2S/c24-19-7-3-4-8-20(19)27-22(29)18(21(28)25-23(27)30)15-16-9-11-17(12-10-16)26-13-5-1-2-6-14-26/h3-4,7-12,15H,1-2,5-6,13-14H2,(H,25,28,30). The molecule has 2 amide bonds. The Hall–Kier alpha value is -3.06. The van der Waals surface area contributed by atoms with Crippen LogP contribution in [0.15, 0.2) is 54.1 Å². The zero-order valence-electron chi connectivity index (χ0n) is 16.4. The van der Waals surface area contributed by atoms with Crippen LogP contribution in [0.3, 0.4) is 0 Å². The lowest BCUT2D eigenvalue weighted by Gasteiger charge is -2.29. The maximum absolute atomic E-state index is 14.2. The summed E-state index contributed by atoms with van der Waals surface area (Å²) < 4.78 is 14.2. The summed E-state index contributed by atoms with van der Waals surface area (Å²) in [5, 5.41) is 2.34. The van der Waals surface area contributed by atoms with E-state index in [0.29, 0.717) is 5.56 Å². The van der Waals surface area contributed by atoms with Gasteiger partial charge in [0.05, 0.1) is 5.69 Å². The number of carbonyl (C=O) groups excluding carboxylic acids is 2. The van der Waals surface area contributed by atoms with E-state index < -0.39 is 17.6 Å². The highest BCUT2D eigenvalue weighted by molar-refractivity contribution is 7.80. The molecule has 7 heteroatoms. The number of thiocarbonyl (C=S) groups is 1. The molecule has 30 heavy (non-hydrogen) atoms.